The second-order valence-electron chi connectivity index (χ2n) is 3.04. The van der Waals surface area contributed by atoms with E-state index >= 15 is 0 Å². The van der Waals surface area contributed by atoms with Crippen LogP contribution in [-0.2, 0) is 9.36 Å². The molecule has 0 spiro atoms. The summed E-state index contributed by atoms with van der Waals surface area (Å²) in [6.07, 6.45) is 2.58. The number of Topliss-reactive ketones (excluding diaryl/α,β-unsaturated/α-hetero) is 1. The van der Waals surface area contributed by atoms with Crippen LogP contribution in [0.2, 0.25) is 0 Å². The van der Waals surface area contributed by atoms with E-state index in [4.69, 9.17) is 15.3 Å². The first-order valence-electron chi connectivity index (χ1n) is 4.41. The molecule has 0 heterocycles. The maximum atomic E-state index is 11.5. The van der Waals surface area contributed by atoms with Crippen LogP contribution < -0.4 is 0 Å². The van der Waals surface area contributed by atoms with E-state index in [-0.39, 0.29) is 12.8 Å². The van der Waals surface area contributed by atoms with Crippen molar-refractivity contribution in [3.8, 4) is 0 Å². The van der Waals surface area contributed by atoms with E-state index in [0.29, 0.717) is 0 Å². The molecular formula is C9H13N2O4P. The predicted octanol–water partition coefficient (Wildman–Crippen LogP) is 1.13. The number of hydrogen-bond donors (Lipinski definition) is 2. The Morgan fingerprint density at radius 2 is 2.00 bits per heavy atom. The molecule has 6 nitrogen and oxygen atoms in total. The Kier molecular flexibility index (Phi) is 5.78. The fraction of sp³-hybridized carbons (Fsp3) is 0.333. The summed E-state index contributed by atoms with van der Waals surface area (Å²) in [6.45, 7) is 6.72. The van der Waals surface area contributed by atoms with Crippen LogP contribution in [0.1, 0.15) is 12.8 Å². The van der Waals surface area contributed by atoms with E-state index in [1.807, 2.05) is 0 Å². The van der Waals surface area contributed by atoms with Gasteiger partial charge in [0.1, 0.15) is 5.92 Å². The molecule has 0 bridgehead atoms. The van der Waals surface area contributed by atoms with Crippen LogP contribution in [0.25, 0.3) is 5.53 Å². The molecule has 16 heavy (non-hydrogen) atoms. The summed E-state index contributed by atoms with van der Waals surface area (Å²) in [5.41, 5.74) is 7.73. The van der Waals surface area contributed by atoms with Gasteiger partial charge in [-0.3, -0.25) is 4.79 Å². The molecule has 0 rings (SSSR count). The molecule has 1 atom stereocenters. The third-order valence-electron chi connectivity index (χ3n) is 1.85. The monoisotopic (exact) mass is 244 g/mol. The Hall–Kier alpha value is -1.32. The molecule has 0 aliphatic carbocycles. The van der Waals surface area contributed by atoms with Crippen molar-refractivity contribution in [2.24, 2.45) is 5.92 Å². The zero-order valence-corrected chi connectivity index (χ0v) is 9.51. The zero-order valence-electron chi connectivity index (χ0n) is 8.61. The molecule has 0 saturated carbocycles. The van der Waals surface area contributed by atoms with E-state index < -0.39 is 24.7 Å². The molecule has 88 valence electrons. The summed E-state index contributed by atoms with van der Waals surface area (Å²) in [6, 6.07) is 0. The zero-order chi connectivity index (χ0) is 12.8. The number of nitrogens with zero attached hydrogens (tertiary/aromatic N) is 2. The van der Waals surface area contributed by atoms with Crippen molar-refractivity contribution >= 4 is 18.8 Å². The van der Waals surface area contributed by atoms with E-state index in [9.17, 15) is 9.36 Å². The molecule has 0 saturated heterocycles. The lowest BCUT2D eigenvalue weighted by Crippen LogP contribution is -2.24. The predicted molar refractivity (Wildman–Crippen MR) is 58.8 cm³/mol. The van der Waals surface area contributed by atoms with E-state index in [0.717, 1.165) is 0 Å². The molecule has 2 N–H and O–H groups in total. The van der Waals surface area contributed by atoms with Crippen molar-refractivity contribution in [1.82, 2.24) is 0 Å². The van der Waals surface area contributed by atoms with Gasteiger partial charge in [-0.05, 0) is 6.42 Å². The Labute approximate surface area is 93.1 Å². The molecular weight excluding hydrogens is 231 g/mol. The number of ketones is 1. The standard InChI is InChI=1S/C9H13N2O4P/c1-3-5-7(8(12)6-4-2)9(11-10)16(13,14)15/h3-4,7H,1-2,5-6H2,(H2,13,14,15). The van der Waals surface area contributed by atoms with Crippen LogP contribution in [0.15, 0.2) is 25.3 Å². The maximum absolute atomic E-state index is 11.5. The minimum absolute atomic E-state index is 0.00280. The molecule has 0 aromatic rings. The number of allylic oxidation sites excluding steroid dienone is 2. The van der Waals surface area contributed by atoms with Gasteiger partial charge in [-0.2, -0.15) is 4.79 Å². The maximum Gasteiger partial charge on any atom is 0.433 e. The van der Waals surface area contributed by atoms with Gasteiger partial charge in [0.25, 0.3) is 0 Å². The summed E-state index contributed by atoms with van der Waals surface area (Å²) >= 11 is 0. The summed E-state index contributed by atoms with van der Waals surface area (Å²) in [4.78, 5) is 31.9. The lowest BCUT2D eigenvalue weighted by molar-refractivity contribution is -0.121. The first kappa shape index (κ1) is 14.7. The van der Waals surface area contributed by atoms with Gasteiger partial charge in [0, 0.05) is 6.42 Å². The molecule has 0 amide bonds. The van der Waals surface area contributed by atoms with Crippen molar-refractivity contribution in [3.05, 3.63) is 30.8 Å². The average Bonchev–Trinajstić information content (AvgIpc) is 2.16. The van der Waals surface area contributed by atoms with Gasteiger partial charge >= 0.3 is 13.0 Å². The quantitative estimate of drug-likeness (QED) is 0.230. The number of rotatable bonds is 7. The van der Waals surface area contributed by atoms with Crippen LogP contribution in [-0.4, -0.2) is 25.8 Å². The van der Waals surface area contributed by atoms with Crippen molar-refractivity contribution < 1.29 is 23.9 Å². The van der Waals surface area contributed by atoms with Crippen molar-refractivity contribution in [2.75, 3.05) is 0 Å². The molecule has 1 unspecified atom stereocenters. The molecule has 7 heteroatoms. The van der Waals surface area contributed by atoms with E-state index in [1.165, 1.54) is 12.2 Å². The topological polar surface area (TPSA) is 111 Å². The highest BCUT2D eigenvalue weighted by atomic mass is 31.2. The van der Waals surface area contributed by atoms with Crippen LogP contribution in [0.5, 0.6) is 0 Å². The lowest BCUT2D eigenvalue weighted by atomic mass is 9.99. The Morgan fingerprint density at radius 3 is 2.31 bits per heavy atom. The normalized spacial score (nSPS) is 12.4. The third-order valence-corrected chi connectivity index (χ3v) is 2.85. The highest BCUT2D eigenvalue weighted by Crippen LogP contribution is 2.40. The van der Waals surface area contributed by atoms with Gasteiger partial charge < -0.3 is 15.3 Å². The van der Waals surface area contributed by atoms with Gasteiger partial charge in [0.05, 0.1) is 0 Å². The van der Waals surface area contributed by atoms with Crippen molar-refractivity contribution in [3.63, 3.8) is 0 Å². The van der Waals surface area contributed by atoms with E-state index in [2.05, 4.69) is 17.9 Å². The van der Waals surface area contributed by atoms with Gasteiger partial charge in [-0.15, -0.1) is 13.2 Å². The Morgan fingerprint density at radius 1 is 1.44 bits per heavy atom. The second kappa shape index (κ2) is 6.30. The minimum atomic E-state index is -4.74. The van der Waals surface area contributed by atoms with Gasteiger partial charge in [-0.25, -0.2) is 4.57 Å². The number of carbonyl (C=O) groups excluding carboxylic acids is 1. The summed E-state index contributed by atoms with van der Waals surface area (Å²) in [5, 5.41) is 0. The second-order valence-corrected chi connectivity index (χ2v) is 4.58. The highest BCUT2D eigenvalue weighted by molar-refractivity contribution is 7.70. The molecule has 0 radical (unpaired) electrons. The third kappa shape index (κ3) is 4.04. The van der Waals surface area contributed by atoms with Crippen molar-refractivity contribution in [2.45, 2.75) is 12.8 Å². The summed E-state index contributed by atoms with van der Waals surface area (Å²) in [5.74, 6) is -1.65. The lowest BCUT2D eigenvalue weighted by Gasteiger charge is -2.08. The molecule has 0 aromatic carbocycles. The molecule has 0 fully saturated rings. The fourth-order valence-electron chi connectivity index (χ4n) is 1.16. The fourth-order valence-corrected chi connectivity index (χ4v) is 1.93. The molecule has 0 aliphatic heterocycles. The molecule has 0 aromatic heterocycles. The van der Waals surface area contributed by atoms with Crippen LogP contribution in [0, 0.1) is 5.92 Å². The van der Waals surface area contributed by atoms with Crippen LogP contribution >= 0.6 is 7.60 Å². The summed E-state index contributed by atoms with van der Waals surface area (Å²) < 4.78 is 11.0. The van der Waals surface area contributed by atoms with Crippen LogP contribution in [0.3, 0.4) is 0 Å². The number of hydrogen-bond acceptors (Lipinski definition) is 2. The van der Waals surface area contributed by atoms with Crippen molar-refractivity contribution in [1.29, 1.82) is 0 Å². The average molecular weight is 244 g/mol. The van der Waals surface area contributed by atoms with Gasteiger partial charge in [-0.1, -0.05) is 12.2 Å². The SMILES string of the molecule is C=CCC(=O)C(CC=C)C(=[N+]=[N-])P(=O)(O)O. The van der Waals surface area contributed by atoms with E-state index in [1.54, 1.807) is 0 Å². The first-order chi connectivity index (χ1) is 7.38. The number of carbonyl (C=O) groups is 1. The smallest absolute Gasteiger partial charge is 0.361 e. The van der Waals surface area contributed by atoms with Gasteiger partial charge in [0.15, 0.2) is 5.78 Å². The van der Waals surface area contributed by atoms with Gasteiger partial charge in [0.2, 0.25) is 0 Å². The largest absolute Gasteiger partial charge is 0.433 e. The van der Waals surface area contributed by atoms with Crippen LogP contribution in [0.4, 0.5) is 0 Å². The Bertz CT molecular complexity index is 392. The Balaban J connectivity index is 5.26. The molecule has 0 aliphatic rings. The first-order valence-corrected chi connectivity index (χ1v) is 6.02. The minimum Gasteiger partial charge on any atom is -0.361 e. The highest BCUT2D eigenvalue weighted by Gasteiger charge is 2.42. The summed E-state index contributed by atoms with van der Waals surface area (Å²) in [7, 11) is -4.74.